The zero-order valence-corrected chi connectivity index (χ0v) is 14.9. The predicted octanol–water partition coefficient (Wildman–Crippen LogP) is 2.93. The van der Waals surface area contributed by atoms with Crippen LogP contribution in [0.5, 0.6) is 0 Å². The lowest BCUT2D eigenvalue weighted by Crippen LogP contribution is -2.38. The number of piperidine rings is 1. The van der Waals surface area contributed by atoms with Crippen molar-refractivity contribution in [3.8, 4) is 0 Å². The molecule has 0 saturated carbocycles. The Balaban J connectivity index is 1.48. The van der Waals surface area contributed by atoms with Crippen LogP contribution in [0.25, 0.3) is 11.0 Å². The molecule has 1 fully saturated rings. The Kier molecular flexibility index (Phi) is 3.82. The number of amides is 1. The maximum Gasteiger partial charge on any atom is 0.257 e. The fourth-order valence-electron chi connectivity index (χ4n) is 3.72. The molecule has 4 rings (SSSR count). The summed E-state index contributed by atoms with van der Waals surface area (Å²) in [5, 5.41) is 4.28. The molecular formula is C19H23N5O. The lowest BCUT2D eigenvalue weighted by atomic mass is 9.95. The van der Waals surface area contributed by atoms with Crippen LogP contribution in [0, 0.1) is 13.8 Å². The average Bonchev–Trinajstić information content (AvgIpc) is 3.18. The fourth-order valence-corrected chi connectivity index (χ4v) is 3.72. The van der Waals surface area contributed by atoms with Gasteiger partial charge < -0.3 is 9.88 Å². The summed E-state index contributed by atoms with van der Waals surface area (Å²) >= 11 is 0. The van der Waals surface area contributed by atoms with Crippen molar-refractivity contribution in [2.45, 2.75) is 32.6 Å². The van der Waals surface area contributed by atoms with Crippen LogP contribution >= 0.6 is 0 Å². The lowest BCUT2D eigenvalue weighted by Gasteiger charge is -2.31. The number of hydrogen-bond acceptors (Lipinski definition) is 3. The van der Waals surface area contributed by atoms with Gasteiger partial charge in [-0.1, -0.05) is 12.1 Å². The van der Waals surface area contributed by atoms with E-state index in [4.69, 9.17) is 4.98 Å². The number of aromatic amines is 1. The van der Waals surface area contributed by atoms with E-state index in [0.29, 0.717) is 11.5 Å². The molecule has 1 saturated heterocycles. The highest BCUT2D eigenvalue weighted by Gasteiger charge is 2.27. The second-order valence-electron chi connectivity index (χ2n) is 6.96. The molecule has 0 radical (unpaired) electrons. The molecular weight excluding hydrogens is 314 g/mol. The summed E-state index contributed by atoms with van der Waals surface area (Å²) in [6.07, 6.45) is 3.68. The number of nitrogens with zero attached hydrogens (tertiary/aromatic N) is 4. The Bertz CT molecular complexity index is 931. The van der Waals surface area contributed by atoms with Crippen molar-refractivity contribution in [2.75, 3.05) is 13.1 Å². The number of benzene rings is 1. The molecule has 3 heterocycles. The number of rotatable bonds is 2. The van der Waals surface area contributed by atoms with Gasteiger partial charge in [-0.3, -0.25) is 9.48 Å². The third-order valence-electron chi connectivity index (χ3n) is 5.15. The van der Waals surface area contributed by atoms with Crippen LogP contribution in [0.4, 0.5) is 0 Å². The molecule has 3 aromatic rings. The molecule has 1 amide bonds. The molecule has 0 atom stereocenters. The van der Waals surface area contributed by atoms with E-state index in [9.17, 15) is 4.79 Å². The van der Waals surface area contributed by atoms with Gasteiger partial charge >= 0.3 is 0 Å². The van der Waals surface area contributed by atoms with Crippen molar-refractivity contribution in [1.82, 2.24) is 24.6 Å². The first-order chi connectivity index (χ1) is 12.0. The summed E-state index contributed by atoms with van der Waals surface area (Å²) in [4.78, 5) is 22.9. The first kappa shape index (κ1) is 15.9. The number of carbonyl (C=O) groups is 1. The molecule has 1 N–H and O–H groups in total. The normalized spacial score (nSPS) is 15.9. The Morgan fingerprint density at radius 3 is 2.64 bits per heavy atom. The van der Waals surface area contributed by atoms with Gasteiger partial charge in [0.15, 0.2) is 0 Å². The van der Waals surface area contributed by atoms with E-state index in [1.807, 2.05) is 25.1 Å². The lowest BCUT2D eigenvalue weighted by molar-refractivity contribution is 0.0710. The van der Waals surface area contributed by atoms with Gasteiger partial charge in [-0.15, -0.1) is 0 Å². The molecule has 6 nitrogen and oxygen atoms in total. The van der Waals surface area contributed by atoms with Crippen LogP contribution in [-0.2, 0) is 7.05 Å². The number of hydrogen-bond donors (Lipinski definition) is 1. The molecule has 0 bridgehead atoms. The molecule has 1 aliphatic rings. The maximum absolute atomic E-state index is 12.7. The van der Waals surface area contributed by atoms with Crippen LogP contribution in [0.1, 0.15) is 46.2 Å². The van der Waals surface area contributed by atoms with Gasteiger partial charge in [-0.2, -0.15) is 5.10 Å². The second kappa shape index (κ2) is 6.02. The standard InChI is InChI=1S/C19H23N5O/c1-12-5-4-6-16-17(12)21-18(20-16)14-7-9-24(10-8-14)19(25)15-11-23(3)22-13(15)2/h4-6,11,14H,7-10H2,1-3H3,(H,20,21). The summed E-state index contributed by atoms with van der Waals surface area (Å²) in [5.74, 6) is 1.52. The van der Waals surface area contributed by atoms with Gasteiger partial charge in [0.1, 0.15) is 5.82 Å². The molecule has 1 aliphatic heterocycles. The van der Waals surface area contributed by atoms with Crippen molar-refractivity contribution in [2.24, 2.45) is 7.05 Å². The zero-order valence-electron chi connectivity index (χ0n) is 14.9. The van der Waals surface area contributed by atoms with E-state index in [0.717, 1.165) is 48.5 Å². The van der Waals surface area contributed by atoms with Crippen molar-refractivity contribution in [3.05, 3.63) is 47.0 Å². The first-order valence-corrected chi connectivity index (χ1v) is 8.77. The van der Waals surface area contributed by atoms with Gasteiger partial charge in [0.05, 0.1) is 22.3 Å². The monoisotopic (exact) mass is 337 g/mol. The predicted molar refractivity (Wildman–Crippen MR) is 96.7 cm³/mol. The van der Waals surface area contributed by atoms with Crippen LogP contribution in [0.2, 0.25) is 0 Å². The minimum absolute atomic E-state index is 0.0875. The van der Waals surface area contributed by atoms with E-state index in [2.05, 4.69) is 35.2 Å². The van der Waals surface area contributed by atoms with Crippen molar-refractivity contribution in [1.29, 1.82) is 0 Å². The largest absolute Gasteiger partial charge is 0.342 e. The Morgan fingerprint density at radius 1 is 1.24 bits per heavy atom. The number of aryl methyl sites for hydroxylation is 3. The minimum atomic E-state index is 0.0875. The number of aromatic nitrogens is 4. The molecule has 0 unspecified atom stereocenters. The highest BCUT2D eigenvalue weighted by molar-refractivity contribution is 5.95. The number of likely N-dealkylation sites (tertiary alicyclic amines) is 1. The second-order valence-corrected chi connectivity index (χ2v) is 6.96. The maximum atomic E-state index is 12.7. The number of carbonyl (C=O) groups excluding carboxylic acids is 1. The van der Waals surface area contributed by atoms with Crippen LogP contribution in [0.3, 0.4) is 0 Å². The average molecular weight is 337 g/mol. The van der Waals surface area contributed by atoms with Crippen molar-refractivity contribution in [3.63, 3.8) is 0 Å². The Hall–Kier alpha value is -2.63. The van der Waals surface area contributed by atoms with E-state index < -0.39 is 0 Å². The Morgan fingerprint density at radius 2 is 2.00 bits per heavy atom. The zero-order chi connectivity index (χ0) is 17.6. The quantitative estimate of drug-likeness (QED) is 0.782. The van der Waals surface area contributed by atoms with Gasteiger partial charge in [0.2, 0.25) is 0 Å². The molecule has 6 heteroatoms. The van der Waals surface area contributed by atoms with Gasteiger partial charge in [0, 0.05) is 32.3 Å². The van der Waals surface area contributed by atoms with Crippen LogP contribution in [0.15, 0.2) is 24.4 Å². The number of H-pyrrole nitrogens is 1. The number of fused-ring (bicyclic) bond motifs is 1. The molecule has 0 spiro atoms. The van der Waals surface area contributed by atoms with Crippen LogP contribution < -0.4 is 0 Å². The molecule has 1 aromatic carbocycles. The first-order valence-electron chi connectivity index (χ1n) is 8.77. The van der Waals surface area contributed by atoms with Gasteiger partial charge in [-0.25, -0.2) is 4.98 Å². The Labute approximate surface area is 146 Å². The third-order valence-corrected chi connectivity index (χ3v) is 5.15. The third kappa shape index (κ3) is 2.81. The van der Waals surface area contributed by atoms with E-state index in [1.165, 1.54) is 5.56 Å². The van der Waals surface area contributed by atoms with Crippen molar-refractivity contribution < 1.29 is 4.79 Å². The summed E-state index contributed by atoms with van der Waals surface area (Å²) < 4.78 is 1.70. The van der Waals surface area contributed by atoms with Crippen LogP contribution in [-0.4, -0.2) is 43.6 Å². The smallest absolute Gasteiger partial charge is 0.257 e. The number of nitrogens with one attached hydrogen (secondary N) is 1. The fraction of sp³-hybridized carbons (Fsp3) is 0.421. The van der Waals surface area contributed by atoms with E-state index in [-0.39, 0.29) is 5.91 Å². The molecule has 0 aliphatic carbocycles. The minimum Gasteiger partial charge on any atom is -0.342 e. The highest BCUT2D eigenvalue weighted by atomic mass is 16.2. The molecule has 2 aromatic heterocycles. The molecule has 25 heavy (non-hydrogen) atoms. The summed E-state index contributed by atoms with van der Waals surface area (Å²) in [5.41, 5.74) is 4.85. The van der Waals surface area contributed by atoms with Gasteiger partial charge in [-0.05, 0) is 38.3 Å². The van der Waals surface area contributed by atoms with E-state index >= 15 is 0 Å². The molecule has 130 valence electrons. The highest BCUT2D eigenvalue weighted by Crippen LogP contribution is 2.29. The summed E-state index contributed by atoms with van der Waals surface area (Å²) in [6, 6.07) is 6.21. The number of para-hydroxylation sites is 1. The number of imidazole rings is 1. The summed E-state index contributed by atoms with van der Waals surface area (Å²) in [6.45, 7) is 5.49. The van der Waals surface area contributed by atoms with Crippen molar-refractivity contribution >= 4 is 16.9 Å². The van der Waals surface area contributed by atoms with Gasteiger partial charge in [0.25, 0.3) is 5.91 Å². The topological polar surface area (TPSA) is 66.8 Å². The summed E-state index contributed by atoms with van der Waals surface area (Å²) in [7, 11) is 1.85. The van der Waals surface area contributed by atoms with E-state index in [1.54, 1.807) is 4.68 Å². The SMILES string of the molecule is Cc1nn(C)cc1C(=O)N1CCC(c2nc3c(C)cccc3[nH]2)CC1.